The number of hydrogen-bond donors (Lipinski definition) is 1. The molecule has 0 saturated heterocycles. The van der Waals surface area contributed by atoms with Gasteiger partial charge < -0.3 is 5.11 Å². The van der Waals surface area contributed by atoms with Crippen molar-refractivity contribution in [3.63, 3.8) is 0 Å². The van der Waals surface area contributed by atoms with Gasteiger partial charge in [0.05, 0.1) is 0 Å². The Bertz CT molecular complexity index is 132. The number of hydrogen-bond acceptors (Lipinski definition) is 1. The zero-order valence-corrected chi connectivity index (χ0v) is 6.33. The van der Waals surface area contributed by atoms with E-state index in [1.807, 2.05) is 43.4 Å². The van der Waals surface area contributed by atoms with Crippen LogP contribution in [0.15, 0.2) is 36.5 Å². The minimum Gasteiger partial charge on any atom is -0.396 e. The molecule has 10 heavy (non-hydrogen) atoms. The van der Waals surface area contributed by atoms with Gasteiger partial charge in [-0.3, -0.25) is 0 Å². The van der Waals surface area contributed by atoms with Crippen LogP contribution in [0.2, 0.25) is 0 Å². The summed E-state index contributed by atoms with van der Waals surface area (Å²) in [6, 6.07) is 0. The second kappa shape index (κ2) is 8.18. The average Bonchev–Trinajstić information content (AvgIpc) is 1.97. The molecule has 0 fully saturated rings. The normalized spacial score (nSPS) is 12.6. The molecule has 0 saturated carbocycles. The molecule has 0 aliphatic rings. The van der Waals surface area contributed by atoms with Gasteiger partial charge in [0.25, 0.3) is 0 Å². The third-order valence-corrected chi connectivity index (χ3v) is 0.958. The smallest absolute Gasteiger partial charge is 0.0465 e. The van der Waals surface area contributed by atoms with Gasteiger partial charge in [-0.2, -0.15) is 0 Å². The fraction of sp³-hybridized carbons (Fsp3) is 0.333. The standard InChI is InChI=1S/C9H14O/c1-2-3-4-5-6-7-8-9-10/h2-7,10H,8-9H2,1H3/b3-2+,5-4+,7-6+. The minimum atomic E-state index is 0.230. The van der Waals surface area contributed by atoms with E-state index in [0.29, 0.717) is 0 Å². The van der Waals surface area contributed by atoms with Gasteiger partial charge in [-0.15, -0.1) is 0 Å². The van der Waals surface area contributed by atoms with Gasteiger partial charge in [0.2, 0.25) is 0 Å². The minimum absolute atomic E-state index is 0.230. The first-order valence-electron chi connectivity index (χ1n) is 3.47. The van der Waals surface area contributed by atoms with Crippen LogP contribution in [0.3, 0.4) is 0 Å². The second-order valence-corrected chi connectivity index (χ2v) is 1.85. The lowest BCUT2D eigenvalue weighted by Gasteiger charge is -1.79. The first-order valence-corrected chi connectivity index (χ1v) is 3.47. The SMILES string of the molecule is C/C=C/C=C/C=C/CCO. The maximum atomic E-state index is 8.38. The van der Waals surface area contributed by atoms with Gasteiger partial charge in [-0.05, 0) is 13.3 Å². The Kier molecular flexibility index (Phi) is 7.51. The van der Waals surface area contributed by atoms with E-state index in [2.05, 4.69) is 0 Å². The van der Waals surface area contributed by atoms with Gasteiger partial charge in [-0.1, -0.05) is 36.5 Å². The van der Waals surface area contributed by atoms with Crippen molar-refractivity contribution >= 4 is 0 Å². The van der Waals surface area contributed by atoms with Crippen LogP contribution in [-0.4, -0.2) is 11.7 Å². The first kappa shape index (κ1) is 9.18. The Morgan fingerprint density at radius 3 is 2.40 bits per heavy atom. The predicted molar refractivity (Wildman–Crippen MR) is 44.8 cm³/mol. The molecule has 0 aliphatic heterocycles. The Morgan fingerprint density at radius 1 is 1.10 bits per heavy atom. The molecule has 0 heterocycles. The topological polar surface area (TPSA) is 20.2 Å². The lowest BCUT2D eigenvalue weighted by Crippen LogP contribution is -1.73. The molecule has 0 atom stereocenters. The van der Waals surface area contributed by atoms with Crippen molar-refractivity contribution in [3.05, 3.63) is 36.5 Å². The summed E-state index contributed by atoms with van der Waals surface area (Å²) in [6.45, 7) is 2.20. The third kappa shape index (κ3) is 7.18. The van der Waals surface area contributed by atoms with Crippen LogP contribution in [0, 0.1) is 0 Å². The molecule has 1 N–H and O–H groups in total. The van der Waals surface area contributed by atoms with Crippen molar-refractivity contribution in [2.24, 2.45) is 0 Å². The van der Waals surface area contributed by atoms with Gasteiger partial charge in [0.1, 0.15) is 0 Å². The fourth-order valence-corrected chi connectivity index (χ4v) is 0.489. The molecule has 0 rings (SSSR count). The molecule has 0 aromatic carbocycles. The van der Waals surface area contributed by atoms with Gasteiger partial charge in [-0.25, -0.2) is 0 Å². The van der Waals surface area contributed by atoms with Crippen LogP contribution < -0.4 is 0 Å². The number of allylic oxidation sites excluding steroid dienone is 5. The first-order chi connectivity index (χ1) is 4.91. The maximum Gasteiger partial charge on any atom is 0.0465 e. The number of aliphatic hydroxyl groups excluding tert-OH is 1. The molecule has 0 aliphatic carbocycles. The van der Waals surface area contributed by atoms with E-state index in [1.165, 1.54) is 0 Å². The molecular formula is C9H14O. The van der Waals surface area contributed by atoms with Crippen molar-refractivity contribution < 1.29 is 5.11 Å². The zero-order valence-electron chi connectivity index (χ0n) is 6.33. The van der Waals surface area contributed by atoms with E-state index in [-0.39, 0.29) is 6.61 Å². The third-order valence-electron chi connectivity index (χ3n) is 0.958. The van der Waals surface area contributed by atoms with Gasteiger partial charge in [0, 0.05) is 6.61 Å². The van der Waals surface area contributed by atoms with E-state index < -0.39 is 0 Å². The summed E-state index contributed by atoms with van der Waals surface area (Å²) < 4.78 is 0. The molecule has 0 aromatic rings. The molecule has 0 aromatic heterocycles. The molecule has 0 bridgehead atoms. The average molecular weight is 138 g/mol. The quantitative estimate of drug-likeness (QED) is 0.589. The lowest BCUT2D eigenvalue weighted by atomic mass is 10.3. The molecular weight excluding hydrogens is 124 g/mol. The highest BCUT2D eigenvalue weighted by atomic mass is 16.2. The molecule has 1 nitrogen and oxygen atoms in total. The van der Waals surface area contributed by atoms with Gasteiger partial charge in [0.15, 0.2) is 0 Å². The Morgan fingerprint density at radius 2 is 1.80 bits per heavy atom. The van der Waals surface area contributed by atoms with E-state index in [1.54, 1.807) is 0 Å². The highest BCUT2D eigenvalue weighted by molar-refractivity contribution is 5.10. The van der Waals surface area contributed by atoms with Crippen molar-refractivity contribution in [3.8, 4) is 0 Å². The Balaban J connectivity index is 3.32. The van der Waals surface area contributed by atoms with Crippen molar-refractivity contribution in [2.75, 3.05) is 6.61 Å². The van der Waals surface area contributed by atoms with Crippen LogP contribution in [-0.2, 0) is 0 Å². The summed E-state index contributed by atoms with van der Waals surface area (Å²) in [5.74, 6) is 0. The Hall–Kier alpha value is -0.820. The highest BCUT2D eigenvalue weighted by Crippen LogP contribution is 1.83. The zero-order chi connectivity index (χ0) is 7.66. The summed E-state index contributed by atoms with van der Waals surface area (Å²) in [6.07, 6.45) is 12.4. The lowest BCUT2D eigenvalue weighted by molar-refractivity contribution is 0.302. The monoisotopic (exact) mass is 138 g/mol. The number of rotatable bonds is 4. The van der Waals surface area contributed by atoms with Gasteiger partial charge >= 0.3 is 0 Å². The molecule has 0 spiro atoms. The number of aliphatic hydroxyl groups is 1. The fourth-order valence-electron chi connectivity index (χ4n) is 0.489. The molecule has 0 radical (unpaired) electrons. The van der Waals surface area contributed by atoms with E-state index in [4.69, 9.17) is 5.11 Å². The summed E-state index contributed by atoms with van der Waals surface area (Å²) >= 11 is 0. The van der Waals surface area contributed by atoms with Crippen molar-refractivity contribution in [1.82, 2.24) is 0 Å². The molecule has 56 valence electrons. The second-order valence-electron chi connectivity index (χ2n) is 1.85. The summed E-state index contributed by atoms with van der Waals surface area (Å²) in [5.41, 5.74) is 0. The maximum absolute atomic E-state index is 8.38. The van der Waals surface area contributed by atoms with Crippen LogP contribution in [0.4, 0.5) is 0 Å². The van der Waals surface area contributed by atoms with Crippen molar-refractivity contribution in [2.45, 2.75) is 13.3 Å². The van der Waals surface area contributed by atoms with E-state index in [0.717, 1.165) is 6.42 Å². The predicted octanol–water partition coefficient (Wildman–Crippen LogP) is 2.06. The summed E-state index contributed by atoms with van der Waals surface area (Å²) in [4.78, 5) is 0. The molecule has 1 heteroatoms. The summed E-state index contributed by atoms with van der Waals surface area (Å²) in [7, 11) is 0. The van der Waals surface area contributed by atoms with Crippen LogP contribution >= 0.6 is 0 Å². The van der Waals surface area contributed by atoms with Crippen LogP contribution in [0.1, 0.15) is 13.3 Å². The highest BCUT2D eigenvalue weighted by Gasteiger charge is 1.68. The Labute approximate surface area is 62.4 Å². The molecule has 0 amide bonds. The van der Waals surface area contributed by atoms with E-state index >= 15 is 0 Å². The molecule has 0 unspecified atom stereocenters. The van der Waals surface area contributed by atoms with Crippen LogP contribution in [0.5, 0.6) is 0 Å². The largest absolute Gasteiger partial charge is 0.396 e. The van der Waals surface area contributed by atoms with Crippen LogP contribution in [0.25, 0.3) is 0 Å². The van der Waals surface area contributed by atoms with E-state index in [9.17, 15) is 0 Å². The summed E-state index contributed by atoms with van der Waals surface area (Å²) in [5, 5.41) is 8.38. The van der Waals surface area contributed by atoms with Crippen molar-refractivity contribution in [1.29, 1.82) is 0 Å².